The Balaban J connectivity index is 1.88. The van der Waals surface area contributed by atoms with Gasteiger partial charge in [-0.25, -0.2) is 4.79 Å². The molecule has 1 aromatic heterocycles. The molecule has 0 aliphatic heterocycles. The second-order valence-corrected chi connectivity index (χ2v) is 6.04. The van der Waals surface area contributed by atoms with Crippen LogP contribution in [0, 0.1) is 0 Å². The number of hydrogen-bond acceptors (Lipinski definition) is 2. The predicted molar refractivity (Wildman–Crippen MR) is 97.2 cm³/mol. The van der Waals surface area contributed by atoms with Crippen molar-refractivity contribution in [2.45, 2.75) is 13.1 Å². The average molecular weight is 373 g/mol. The smallest absolute Gasteiger partial charge is 0.416 e. The van der Waals surface area contributed by atoms with Gasteiger partial charge in [-0.2, -0.15) is 13.2 Å². The lowest BCUT2D eigenvalue weighted by Crippen LogP contribution is -2.04. The summed E-state index contributed by atoms with van der Waals surface area (Å²) in [6.07, 6.45) is -4.35. The van der Waals surface area contributed by atoms with Crippen LogP contribution in [-0.2, 0) is 18.0 Å². The average Bonchev–Trinajstić information content (AvgIpc) is 3.03. The van der Waals surface area contributed by atoms with Crippen LogP contribution in [0.1, 0.15) is 22.8 Å². The first-order chi connectivity index (χ1) is 12.8. The van der Waals surface area contributed by atoms with E-state index in [1.165, 1.54) is 12.1 Å². The zero-order chi connectivity index (χ0) is 19.6. The molecular formula is C21H18F3NO2. The van der Waals surface area contributed by atoms with Crippen molar-refractivity contribution in [3.05, 3.63) is 71.8 Å². The lowest BCUT2D eigenvalue weighted by molar-refractivity contribution is -0.137. The zero-order valence-corrected chi connectivity index (χ0v) is 14.9. The number of alkyl halides is 3. The minimum Gasteiger partial charge on any atom is -0.462 e. The van der Waals surface area contributed by atoms with Crippen LogP contribution in [0.25, 0.3) is 22.5 Å². The number of carbonyl (C=O) groups is 1. The van der Waals surface area contributed by atoms with Crippen molar-refractivity contribution in [3.8, 4) is 22.5 Å². The Morgan fingerprint density at radius 3 is 1.81 bits per heavy atom. The molecule has 0 unspecified atom stereocenters. The highest BCUT2D eigenvalue weighted by molar-refractivity contribution is 5.90. The van der Waals surface area contributed by atoms with Crippen molar-refractivity contribution in [1.82, 2.24) is 4.57 Å². The number of esters is 1. The van der Waals surface area contributed by atoms with E-state index in [1.54, 1.807) is 19.1 Å². The molecule has 0 aliphatic rings. The van der Waals surface area contributed by atoms with Crippen LogP contribution in [0.15, 0.2) is 60.7 Å². The van der Waals surface area contributed by atoms with Gasteiger partial charge in [0.15, 0.2) is 0 Å². The molecule has 2 aromatic carbocycles. The number of nitrogens with zero attached hydrogens (tertiary/aromatic N) is 1. The lowest BCUT2D eigenvalue weighted by atomic mass is 10.1. The van der Waals surface area contributed by atoms with Crippen LogP contribution >= 0.6 is 0 Å². The van der Waals surface area contributed by atoms with Crippen LogP contribution in [0.4, 0.5) is 13.2 Å². The highest BCUT2D eigenvalue weighted by Crippen LogP contribution is 2.32. The van der Waals surface area contributed by atoms with Crippen LogP contribution < -0.4 is 0 Å². The summed E-state index contributed by atoms with van der Waals surface area (Å²) >= 11 is 0. The molecule has 140 valence electrons. The van der Waals surface area contributed by atoms with E-state index in [2.05, 4.69) is 0 Å². The van der Waals surface area contributed by atoms with Crippen molar-refractivity contribution in [1.29, 1.82) is 0 Å². The van der Waals surface area contributed by atoms with Crippen molar-refractivity contribution in [3.63, 3.8) is 0 Å². The molecule has 3 nitrogen and oxygen atoms in total. The molecule has 0 atom stereocenters. The molecule has 0 fully saturated rings. The molecule has 6 heteroatoms. The first-order valence-electron chi connectivity index (χ1n) is 8.42. The first kappa shape index (κ1) is 18.8. The van der Waals surface area contributed by atoms with Gasteiger partial charge in [-0.3, -0.25) is 0 Å². The van der Waals surface area contributed by atoms with Gasteiger partial charge in [-0.05, 0) is 54.4 Å². The standard InChI is InChI=1S/C21H18F3NO2/c1-3-27-20(26)16-6-4-14(5-7-16)18-12-13-19(25(18)2)15-8-10-17(11-9-15)21(22,23)24/h4-13H,3H2,1-2H3. The molecule has 1 heterocycles. The van der Waals surface area contributed by atoms with Crippen molar-refractivity contribution in [2.75, 3.05) is 6.61 Å². The Bertz CT molecular complexity index is 939. The van der Waals surface area contributed by atoms with E-state index in [4.69, 9.17) is 4.74 Å². The summed E-state index contributed by atoms with van der Waals surface area (Å²) in [7, 11) is 1.85. The van der Waals surface area contributed by atoms with E-state index in [9.17, 15) is 18.0 Å². The number of halogens is 3. The lowest BCUT2D eigenvalue weighted by Gasteiger charge is -2.10. The van der Waals surface area contributed by atoms with Crippen LogP contribution in [-0.4, -0.2) is 17.1 Å². The molecule has 27 heavy (non-hydrogen) atoms. The zero-order valence-electron chi connectivity index (χ0n) is 14.9. The minimum atomic E-state index is -4.35. The van der Waals surface area contributed by atoms with E-state index in [-0.39, 0.29) is 5.97 Å². The van der Waals surface area contributed by atoms with Gasteiger partial charge in [0.05, 0.1) is 17.7 Å². The Labute approximate surface area is 155 Å². The normalized spacial score (nSPS) is 11.4. The summed E-state index contributed by atoms with van der Waals surface area (Å²) in [5.74, 6) is -0.374. The summed E-state index contributed by atoms with van der Waals surface area (Å²) in [4.78, 5) is 11.7. The first-order valence-corrected chi connectivity index (χ1v) is 8.42. The highest BCUT2D eigenvalue weighted by Gasteiger charge is 2.30. The predicted octanol–water partition coefficient (Wildman–Crippen LogP) is 5.55. The number of ether oxygens (including phenoxy) is 1. The number of hydrogen-bond donors (Lipinski definition) is 0. The van der Waals surface area contributed by atoms with Gasteiger partial charge < -0.3 is 9.30 Å². The molecule has 3 aromatic rings. The fourth-order valence-electron chi connectivity index (χ4n) is 2.91. The third kappa shape index (κ3) is 3.89. The van der Waals surface area contributed by atoms with E-state index in [0.29, 0.717) is 17.7 Å². The third-order valence-corrected chi connectivity index (χ3v) is 4.32. The van der Waals surface area contributed by atoms with Gasteiger partial charge in [0.1, 0.15) is 0 Å². The molecule has 0 spiro atoms. The molecule has 0 aliphatic carbocycles. The minimum absolute atomic E-state index is 0.314. The molecule has 0 bridgehead atoms. The number of rotatable bonds is 4. The Morgan fingerprint density at radius 1 is 0.889 bits per heavy atom. The topological polar surface area (TPSA) is 31.2 Å². The van der Waals surface area contributed by atoms with E-state index < -0.39 is 11.7 Å². The fourth-order valence-corrected chi connectivity index (χ4v) is 2.91. The van der Waals surface area contributed by atoms with Crippen molar-refractivity contribution in [2.24, 2.45) is 7.05 Å². The maximum absolute atomic E-state index is 12.7. The monoisotopic (exact) mass is 373 g/mol. The van der Waals surface area contributed by atoms with E-state index in [1.807, 2.05) is 35.9 Å². The van der Waals surface area contributed by atoms with Gasteiger partial charge >= 0.3 is 12.1 Å². The molecule has 0 radical (unpaired) electrons. The van der Waals surface area contributed by atoms with Gasteiger partial charge in [-0.1, -0.05) is 24.3 Å². The number of aromatic nitrogens is 1. The van der Waals surface area contributed by atoms with Gasteiger partial charge in [0, 0.05) is 18.4 Å². The summed E-state index contributed by atoms with van der Waals surface area (Å²) in [5, 5.41) is 0. The maximum Gasteiger partial charge on any atom is 0.416 e. The number of benzene rings is 2. The quantitative estimate of drug-likeness (QED) is 0.561. The van der Waals surface area contributed by atoms with E-state index >= 15 is 0 Å². The summed E-state index contributed by atoms with van der Waals surface area (Å²) < 4.78 is 45.1. The Hall–Kier alpha value is -3.02. The largest absolute Gasteiger partial charge is 0.462 e. The van der Waals surface area contributed by atoms with Crippen molar-refractivity contribution < 1.29 is 22.7 Å². The highest BCUT2D eigenvalue weighted by atomic mass is 19.4. The third-order valence-electron chi connectivity index (χ3n) is 4.32. The van der Waals surface area contributed by atoms with Crippen LogP contribution in [0.5, 0.6) is 0 Å². The molecule has 0 N–H and O–H groups in total. The van der Waals surface area contributed by atoms with Gasteiger partial charge in [0.2, 0.25) is 0 Å². The fraction of sp³-hybridized carbons (Fsp3) is 0.190. The molecule has 0 saturated carbocycles. The molecular weight excluding hydrogens is 355 g/mol. The van der Waals surface area contributed by atoms with Gasteiger partial charge in [0.25, 0.3) is 0 Å². The molecule has 3 rings (SSSR count). The Kier molecular flexibility index (Phi) is 5.08. The molecule has 0 amide bonds. The number of carbonyl (C=O) groups excluding carboxylic acids is 1. The van der Waals surface area contributed by atoms with Crippen LogP contribution in [0.3, 0.4) is 0 Å². The van der Waals surface area contributed by atoms with Crippen molar-refractivity contribution >= 4 is 5.97 Å². The maximum atomic E-state index is 12.7. The summed E-state index contributed by atoms with van der Waals surface area (Å²) in [6, 6.07) is 15.9. The van der Waals surface area contributed by atoms with Crippen LogP contribution in [0.2, 0.25) is 0 Å². The molecule has 0 saturated heterocycles. The van der Waals surface area contributed by atoms with Gasteiger partial charge in [-0.15, -0.1) is 0 Å². The SMILES string of the molecule is CCOC(=O)c1ccc(-c2ccc(-c3ccc(C(F)(F)F)cc3)n2C)cc1. The van der Waals surface area contributed by atoms with E-state index in [0.717, 1.165) is 29.1 Å². The summed E-state index contributed by atoms with van der Waals surface area (Å²) in [6.45, 7) is 2.06. The summed E-state index contributed by atoms with van der Waals surface area (Å²) in [5.41, 5.74) is 3.07. The second-order valence-electron chi connectivity index (χ2n) is 6.04. The Morgan fingerprint density at radius 2 is 1.37 bits per heavy atom. The second kappa shape index (κ2) is 7.31.